The molecule has 2 heterocycles. The lowest BCUT2D eigenvalue weighted by molar-refractivity contribution is -0.385. The number of furan rings is 1. The Hall–Kier alpha value is -3.99. The molecule has 0 aliphatic heterocycles. The summed E-state index contributed by atoms with van der Waals surface area (Å²) >= 11 is 0. The van der Waals surface area contributed by atoms with E-state index in [1.54, 1.807) is 0 Å². The number of nitrogens with zero attached hydrogens (tertiary/aromatic N) is 2. The molecule has 5 rings (SSSR count). The minimum atomic E-state index is -0.445. The van der Waals surface area contributed by atoms with Crippen LogP contribution in [0, 0.1) is 10.1 Å². The fourth-order valence-corrected chi connectivity index (χ4v) is 3.52. The lowest BCUT2D eigenvalue weighted by Gasteiger charge is -2.10. The van der Waals surface area contributed by atoms with Crippen LogP contribution in [0.15, 0.2) is 89.5 Å². The third-order valence-corrected chi connectivity index (χ3v) is 4.85. The van der Waals surface area contributed by atoms with E-state index in [-0.39, 0.29) is 5.69 Å². The Kier molecular flexibility index (Phi) is 3.66. The average Bonchev–Trinajstić information content (AvgIpc) is 3.11. The minimum absolute atomic E-state index is 0.0507. The number of rotatable bonds is 3. The van der Waals surface area contributed by atoms with E-state index in [2.05, 4.69) is 29.2 Å². The number of aromatic nitrogens is 1. The van der Waals surface area contributed by atoms with Crippen molar-refractivity contribution in [1.29, 1.82) is 0 Å². The Balaban J connectivity index is 1.74. The van der Waals surface area contributed by atoms with Crippen LogP contribution in [0.3, 0.4) is 0 Å². The molecule has 5 aromatic rings. The molecular weight excluding hydrogens is 352 g/mol. The predicted octanol–water partition coefficient (Wildman–Crippen LogP) is 6.22. The molecular formula is C23H14N2O3. The molecule has 0 aliphatic rings. The predicted molar refractivity (Wildman–Crippen MR) is 109 cm³/mol. The van der Waals surface area contributed by atoms with Gasteiger partial charge >= 0.3 is 0 Å². The van der Waals surface area contributed by atoms with Crippen LogP contribution in [0.5, 0.6) is 0 Å². The molecule has 0 fully saturated rings. The van der Waals surface area contributed by atoms with Gasteiger partial charge in [0.05, 0.1) is 10.3 Å². The monoisotopic (exact) mass is 366 g/mol. The Bertz CT molecular complexity index is 1340. The molecule has 0 amide bonds. The summed E-state index contributed by atoms with van der Waals surface area (Å²) < 4.78 is 5.76. The minimum Gasteiger partial charge on any atom is -0.438 e. The lowest BCUT2D eigenvalue weighted by Crippen LogP contribution is -1.88. The van der Waals surface area contributed by atoms with Crippen molar-refractivity contribution in [3.05, 3.63) is 95.2 Å². The zero-order chi connectivity index (χ0) is 19.1. The molecule has 3 aromatic carbocycles. The van der Waals surface area contributed by atoms with Gasteiger partial charge in [0.25, 0.3) is 5.69 Å². The summed E-state index contributed by atoms with van der Waals surface area (Å²) in [6.45, 7) is 0. The van der Waals surface area contributed by atoms with Crippen LogP contribution in [0.4, 0.5) is 5.69 Å². The van der Waals surface area contributed by atoms with Gasteiger partial charge in [0.2, 0.25) is 5.71 Å². The summed E-state index contributed by atoms with van der Waals surface area (Å²) in [4.78, 5) is 14.8. The number of hydrogen-bond donors (Lipinski definition) is 0. The van der Waals surface area contributed by atoms with Gasteiger partial charge in [-0.15, -0.1) is 0 Å². The standard InChI is InChI=1S/C23H14N2O3/c26-25(27)17-13-21-20-12-16(10-11-22(20)28-23(21)24-14-17)19-9-5-4-8-18(19)15-6-2-1-3-7-15/h1-14H. The third kappa shape index (κ3) is 2.61. The number of fused-ring (bicyclic) bond motifs is 3. The van der Waals surface area contributed by atoms with Crippen molar-refractivity contribution >= 4 is 27.8 Å². The SMILES string of the molecule is O=[N+]([O-])c1cnc2oc3ccc(-c4ccccc4-c4ccccc4)cc3c2c1. The van der Waals surface area contributed by atoms with E-state index in [1.165, 1.54) is 12.3 Å². The zero-order valence-corrected chi connectivity index (χ0v) is 14.7. The largest absolute Gasteiger partial charge is 0.438 e. The first-order valence-corrected chi connectivity index (χ1v) is 8.82. The van der Waals surface area contributed by atoms with Crippen LogP contribution in [0.1, 0.15) is 0 Å². The van der Waals surface area contributed by atoms with Crippen molar-refractivity contribution in [3.8, 4) is 22.3 Å². The van der Waals surface area contributed by atoms with Gasteiger partial charge in [-0.25, -0.2) is 4.98 Å². The van der Waals surface area contributed by atoms with Gasteiger partial charge < -0.3 is 4.42 Å². The maximum atomic E-state index is 11.1. The molecule has 0 radical (unpaired) electrons. The third-order valence-electron chi connectivity index (χ3n) is 4.85. The fourth-order valence-electron chi connectivity index (χ4n) is 3.52. The molecule has 0 N–H and O–H groups in total. The summed E-state index contributed by atoms with van der Waals surface area (Å²) in [6.07, 6.45) is 1.22. The first-order chi connectivity index (χ1) is 13.7. The van der Waals surface area contributed by atoms with E-state index in [9.17, 15) is 10.1 Å². The lowest BCUT2D eigenvalue weighted by atomic mass is 9.94. The van der Waals surface area contributed by atoms with Crippen LogP contribution in [-0.2, 0) is 0 Å². The first kappa shape index (κ1) is 16.2. The van der Waals surface area contributed by atoms with Crippen molar-refractivity contribution in [1.82, 2.24) is 4.98 Å². The van der Waals surface area contributed by atoms with Crippen molar-refractivity contribution in [2.45, 2.75) is 0 Å². The number of hydrogen-bond acceptors (Lipinski definition) is 4. The summed E-state index contributed by atoms with van der Waals surface area (Å²) in [5.74, 6) is 0. The Labute approximate surface area is 160 Å². The number of nitro groups is 1. The molecule has 5 nitrogen and oxygen atoms in total. The summed E-state index contributed by atoms with van der Waals surface area (Å²) in [5, 5.41) is 12.6. The highest BCUT2D eigenvalue weighted by molar-refractivity contribution is 6.06. The molecule has 0 bridgehead atoms. The smallest absolute Gasteiger partial charge is 0.288 e. The number of pyridine rings is 1. The summed E-state index contributed by atoms with van der Waals surface area (Å²) in [7, 11) is 0. The second kappa shape index (κ2) is 6.32. The van der Waals surface area contributed by atoms with Gasteiger partial charge in [-0.05, 0) is 34.4 Å². The molecule has 0 saturated heterocycles. The Morgan fingerprint density at radius 1 is 0.786 bits per heavy atom. The van der Waals surface area contributed by atoms with Gasteiger partial charge in [0.1, 0.15) is 11.8 Å². The van der Waals surface area contributed by atoms with Crippen molar-refractivity contribution < 1.29 is 9.34 Å². The highest BCUT2D eigenvalue weighted by Gasteiger charge is 2.15. The van der Waals surface area contributed by atoms with Gasteiger partial charge in [-0.2, -0.15) is 0 Å². The molecule has 0 aliphatic carbocycles. The molecule has 5 heteroatoms. The molecule has 0 unspecified atom stereocenters. The quantitative estimate of drug-likeness (QED) is 0.281. The molecule has 0 saturated carbocycles. The number of benzene rings is 3. The van der Waals surface area contributed by atoms with E-state index in [0.29, 0.717) is 16.7 Å². The van der Waals surface area contributed by atoms with E-state index in [4.69, 9.17) is 4.42 Å². The van der Waals surface area contributed by atoms with Gasteiger partial charge in [-0.3, -0.25) is 10.1 Å². The maximum absolute atomic E-state index is 11.1. The highest BCUT2D eigenvalue weighted by Crippen LogP contribution is 2.36. The van der Waals surface area contributed by atoms with Crippen LogP contribution in [-0.4, -0.2) is 9.91 Å². The van der Waals surface area contributed by atoms with Crippen molar-refractivity contribution in [2.24, 2.45) is 0 Å². The van der Waals surface area contributed by atoms with E-state index in [1.807, 2.05) is 48.5 Å². The van der Waals surface area contributed by atoms with E-state index >= 15 is 0 Å². The second-order valence-electron chi connectivity index (χ2n) is 6.53. The Morgan fingerprint density at radius 2 is 1.50 bits per heavy atom. The van der Waals surface area contributed by atoms with Crippen molar-refractivity contribution in [2.75, 3.05) is 0 Å². The summed E-state index contributed by atoms with van der Waals surface area (Å²) in [6, 6.07) is 25.8. The molecule has 28 heavy (non-hydrogen) atoms. The normalized spacial score (nSPS) is 11.1. The van der Waals surface area contributed by atoms with Gasteiger partial charge in [0.15, 0.2) is 0 Å². The molecule has 0 atom stereocenters. The van der Waals surface area contributed by atoms with Crippen LogP contribution in [0.25, 0.3) is 44.3 Å². The molecule has 134 valence electrons. The first-order valence-electron chi connectivity index (χ1n) is 8.82. The van der Waals surface area contributed by atoms with Crippen LogP contribution >= 0.6 is 0 Å². The Morgan fingerprint density at radius 3 is 2.25 bits per heavy atom. The second-order valence-corrected chi connectivity index (χ2v) is 6.53. The van der Waals surface area contributed by atoms with E-state index < -0.39 is 4.92 Å². The molecule has 2 aromatic heterocycles. The maximum Gasteiger partial charge on any atom is 0.288 e. The highest BCUT2D eigenvalue weighted by atomic mass is 16.6. The van der Waals surface area contributed by atoms with Crippen molar-refractivity contribution in [3.63, 3.8) is 0 Å². The van der Waals surface area contributed by atoms with E-state index in [0.717, 1.165) is 27.6 Å². The van der Waals surface area contributed by atoms with Gasteiger partial charge in [0, 0.05) is 11.5 Å². The van der Waals surface area contributed by atoms with Gasteiger partial charge in [-0.1, -0.05) is 60.7 Å². The zero-order valence-electron chi connectivity index (χ0n) is 14.7. The summed E-state index contributed by atoms with van der Waals surface area (Å²) in [5.41, 5.74) is 5.36. The molecule has 0 spiro atoms. The van der Waals surface area contributed by atoms with Crippen LogP contribution < -0.4 is 0 Å². The van der Waals surface area contributed by atoms with Crippen LogP contribution in [0.2, 0.25) is 0 Å². The average molecular weight is 366 g/mol. The fraction of sp³-hybridized carbons (Fsp3) is 0. The topological polar surface area (TPSA) is 69.2 Å².